The zero-order chi connectivity index (χ0) is 12.7. The third-order valence-corrected chi connectivity index (χ3v) is 5.03. The Balaban J connectivity index is 2.23. The van der Waals surface area contributed by atoms with Crippen LogP contribution in [-0.2, 0) is 0 Å². The summed E-state index contributed by atoms with van der Waals surface area (Å²) in [4.78, 5) is 4.61. The summed E-state index contributed by atoms with van der Waals surface area (Å²) in [7, 11) is 0. The molecule has 2 aromatic heterocycles. The lowest BCUT2D eigenvalue weighted by Gasteiger charge is -2.12. The fourth-order valence-corrected chi connectivity index (χ4v) is 3.78. The molecule has 3 aromatic rings. The Labute approximate surface area is 128 Å². The smallest absolute Gasteiger partial charge is 0.178 e. The second-order valence-corrected chi connectivity index (χ2v) is 6.76. The van der Waals surface area contributed by atoms with Crippen molar-refractivity contribution in [1.82, 2.24) is 9.55 Å². The number of halogens is 1. The Hall–Kier alpha value is -0.660. The van der Waals surface area contributed by atoms with Crippen molar-refractivity contribution in [3.05, 3.63) is 48.9 Å². The molecule has 1 N–H and O–H groups in total. The molecule has 0 spiro atoms. The number of hydrogen-bond acceptors (Lipinski definition) is 2. The Morgan fingerprint density at radius 3 is 2.94 bits per heavy atom. The molecule has 0 amide bonds. The lowest BCUT2D eigenvalue weighted by Crippen LogP contribution is -2.04. The predicted molar refractivity (Wildman–Crippen MR) is 88.0 cm³/mol. The minimum absolute atomic E-state index is 0.270. The van der Waals surface area contributed by atoms with E-state index in [9.17, 15) is 0 Å². The summed E-state index contributed by atoms with van der Waals surface area (Å²) in [5.41, 5.74) is 2.27. The number of hydrogen-bond donors (Lipinski definition) is 1. The fourth-order valence-electron chi connectivity index (χ4n) is 2.14. The van der Waals surface area contributed by atoms with Gasteiger partial charge in [-0.3, -0.25) is 0 Å². The van der Waals surface area contributed by atoms with Crippen LogP contribution in [0.5, 0.6) is 0 Å². The van der Waals surface area contributed by atoms with Crippen LogP contribution in [0.15, 0.2) is 35.7 Å². The van der Waals surface area contributed by atoms with E-state index in [0.29, 0.717) is 0 Å². The molecule has 1 atom stereocenters. The van der Waals surface area contributed by atoms with Gasteiger partial charge in [-0.25, -0.2) is 0 Å². The molecule has 5 heteroatoms. The van der Waals surface area contributed by atoms with Crippen LogP contribution in [0.1, 0.15) is 17.8 Å². The third kappa shape index (κ3) is 2.04. The van der Waals surface area contributed by atoms with E-state index >= 15 is 0 Å². The minimum Gasteiger partial charge on any atom is -0.331 e. The largest absolute Gasteiger partial charge is 0.331 e. The molecule has 0 aliphatic heterocycles. The average molecular weight is 386 g/mol. The van der Waals surface area contributed by atoms with Gasteiger partial charge in [-0.05, 0) is 71.4 Å². The first-order valence-electron chi connectivity index (χ1n) is 5.60. The molecule has 92 valence electrons. The summed E-state index contributed by atoms with van der Waals surface area (Å²) in [6.07, 6.45) is 0. The first-order valence-corrected chi connectivity index (χ1v) is 7.96. The van der Waals surface area contributed by atoms with Crippen LogP contribution in [0.25, 0.3) is 11.0 Å². The zero-order valence-corrected chi connectivity index (χ0v) is 13.5. The molecular formula is C13H11IN2S2. The van der Waals surface area contributed by atoms with Crippen molar-refractivity contribution in [3.63, 3.8) is 0 Å². The van der Waals surface area contributed by atoms with Gasteiger partial charge in [-0.1, -0.05) is 6.07 Å². The highest BCUT2D eigenvalue weighted by atomic mass is 127. The Morgan fingerprint density at radius 1 is 1.39 bits per heavy atom. The molecule has 0 aliphatic rings. The van der Waals surface area contributed by atoms with Crippen LogP contribution in [0.4, 0.5) is 0 Å². The zero-order valence-electron chi connectivity index (χ0n) is 9.68. The maximum Gasteiger partial charge on any atom is 0.178 e. The highest BCUT2D eigenvalue weighted by Gasteiger charge is 2.13. The fraction of sp³-hybridized carbons (Fsp3) is 0.154. The Morgan fingerprint density at radius 2 is 2.22 bits per heavy atom. The van der Waals surface area contributed by atoms with Crippen LogP contribution in [0.3, 0.4) is 0 Å². The number of fused-ring (bicyclic) bond motifs is 1. The van der Waals surface area contributed by atoms with E-state index in [1.54, 1.807) is 11.3 Å². The number of nitrogens with zero attached hydrogens (tertiary/aromatic N) is 1. The predicted octanol–water partition coefficient (Wildman–Crippen LogP) is 4.97. The molecule has 0 bridgehead atoms. The summed E-state index contributed by atoms with van der Waals surface area (Å²) in [6.45, 7) is 2.19. The summed E-state index contributed by atoms with van der Waals surface area (Å²) in [5, 5.41) is 2.10. The standard InChI is InChI=1S/C13H11IN2S2/c1-8(12-3-2-6-18-12)16-11-5-4-9(14)7-10(11)15-13(16)17/h2-8H,1H3,(H,15,17). The van der Waals surface area contributed by atoms with Crippen molar-refractivity contribution in [3.8, 4) is 0 Å². The first kappa shape index (κ1) is 12.4. The topological polar surface area (TPSA) is 20.7 Å². The van der Waals surface area contributed by atoms with E-state index < -0.39 is 0 Å². The van der Waals surface area contributed by atoms with Gasteiger partial charge in [0.1, 0.15) is 0 Å². The Bertz CT molecular complexity index is 740. The van der Waals surface area contributed by atoms with Gasteiger partial charge in [0.15, 0.2) is 4.77 Å². The van der Waals surface area contributed by atoms with Crippen molar-refractivity contribution in [1.29, 1.82) is 0 Å². The molecule has 0 radical (unpaired) electrons. The van der Waals surface area contributed by atoms with E-state index in [1.807, 2.05) is 0 Å². The number of imidazole rings is 1. The van der Waals surface area contributed by atoms with Gasteiger partial charge in [0, 0.05) is 8.45 Å². The Kier molecular flexibility index (Phi) is 3.29. The molecule has 2 heterocycles. The number of thiophene rings is 1. The quantitative estimate of drug-likeness (QED) is 0.487. The normalized spacial score (nSPS) is 13.0. The van der Waals surface area contributed by atoms with Crippen molar-refractivity contribution in [2.45, 2.75) is 13.0 Å². The van der Waals surface area contributed by atoms with Crippen LogP contribution in [-0.4, -0.2) is 9.55 Å². The van der Waals surface area contributed by atoms with E-state index in [0.717, 1.165) is 10.3 Å². The van der Waals surface area contributed by atoms with E-state index in [1.165, 1.54) is 14.0 Å². The molecule has 0 saturated carbocycles. The summed E-state index contributed by atoms with van der Waals surface area (Å²) in [6, 6.07) is 10.9. The van der Waals surface area contributed by atoms with E-state index in [-0.39, 0.29) is 6.04 Å². The van der Waals surface area contributed by atoms with Gasteiger partial charge < -0.3 is 9.55 Å². The molecule has 1 aromatic carbocycles. The number of benzene rings is 1. The van der Waals surface area contributed by atoms with Gasteiger partial charge in [-0.2, -0.15) is 0 Å². The second-order valence-electron chi connectivity index (χ2n) is 4.15. The van der Waals surface area contributed by atoms with Gasteiger partial charge in [-0.15, -0.1) is 11.3 Å². The van der Waals surface area contributed by atoms with Gasteiger partial charge in [0.2, 0.25) is 0 Å². The number of H-pyrrole nitrogens is 1. The number of aromatic nitrogens is 2. The minimum atomic E-state index is 0.270. The first-order chi connectivity index (χ1) is 8.66. The van der Waals surface area contributed by atoms with Crippen molar-refractivity contribution < 1.29 is 0 Å². The SMILES string of the molecule is CC(c1cccs1)n1c(=S)[nH]c2cc(I)ccc21. The molecule has 2 nitrogen and oxygen atoms in total. The lowest BCUT2D eigenvalue weighted by molar-refractivity contribution is 0.661. The van der Waals surface area contributed by atoms with Gasteiger partial charge >= 0.3 is 0 Å². The summed E-state index contributed by atoms with van der Waals surface area (Å²) in [5.74, 6) is 0. The monoisotopic (exact) mass is 386 g/mol. The second kappa shape index (κ2) is 4.79. The van der Waals surface area contributed by atoms with E-state index in [4.69, 9.17) is 12.2 Å². The molecular weight excluding hydrogens is 375 g/mol. The van der Waals surface area contributed by atoms with Gasteiger partial charge in [0.25, 0.3) is 0 Å². The van der Waals surface area contributed by atoms with Crippen LogP contribution >= 0.6 is 46.1 Å². The number of rotatable bonds is 2. The lowest BCUT2D eigenvalue weighted by atomic mass is 10.2. The van der Waals surface area contributed by atoms with Crippen molar-refractivity contribution in [2.24, 2.45) is 0 Å². The van der Waals surface area contributed by atoms with Gasteiger partial charge in [0.05, 0.1) is 17.1 Å². The molecule has 3 rings (SSSR count). The molecule has 1 unspecified atom stereocenters. The maximum atomic E-state index is 5.46. The summed E-state index contributed by atoms with van der Waals surface area (Å²) >= 11 is 9.54. The average Bonchev–Trinajstić information content (AvgIpc) is 2.94. The molecule has 18 heavy (non-hydrogen) atoms. The molecule has 0 aliphatic carbocycles. The molecule has 0 fully saturated rings. The number of nitrogens with one attached hydrogen (secondary N) is 1. The summed E-state index contributed by atoms with van der Waals surface area (Å²) < 4.78 is 4.19. The van der Waals surface area contributed by atoms with Crippen LogP contribution < -0.4 is 0 Å². The maximum absolute atomic E-state index is 5.46. The number of aromatic amines is 1. The highest BCUT2D eigenvalue weighted by molar-refractivity contribution is 14.1. The van der Waals surface area contributed by atoms with E-state index in [2.05, 4.69) is 74.8 Å². The third-order valence-electron chi connectivity index (χ3n) is 3.02. The van der Waals surface area contributed by atoms with Crippen LogP contribution in [0.2, 0.25) is 0 Å². The highest BCUT2D eigenvalue weighted by Crippen LogP contribution is 2.27. The van der Waals surface area contributed by atoms with Crippen molar-refractivity contribution in [2.75, 3.05) is 0 Å². The van der Waals surface area contributed by atoms with Crippen molar-refractivity contribution >= 4 is 57.2 Å². The molecule has 0 saturated heterocycles. The van der Waals surface area contributed by atoms with Crippen LogP contribution in [0, 0.1) is 8.34 Å².